The molecule has 0 aliphatic carbocycles. The number of amides is 2. The number of thiocarbonyl (C=S) groups is 1. The van der Waals surface area contributed by atoms with Gasteiger partial charge in [0.05, 0.1) is 11.4 Å². The lowest BCUT2D eigenvalue weighted by atomic mass is 10.0. The van der Waals surface area contributed by atoms with Crippen LogP contribution in [0, 0.1) is 0 Å². The van der Waals surface area contributed by atoms with Crippen molar-refractivity contribution in [3.8, 4) is 0 Å². The summed E-state index contributed by atoms with van der Waals surface area (Å²) in [5, 5.41) is 0.556. The highest BCUT2D eigenvalue weighted by molar-refractivity contribution is 7.81. The van der Waals surface area contributed by atoms with Crippen LogP contribution in [0.15, 0.2) is 90.5 Å². The monoisotopic (exact) mass is 418 g/mol. The van der Waals surface area contributed by atoms with E-state index < -0.39 is 11.8 Å². The Bertz CT molecular complexity index is 1070. The quantitative estimate of drug-likeness (QED) is 0.338. The zero-order valence-corrected chi connectivity index (χ0v) is 16.7. The molecular weight excluding hydrogens is 404 g/mol. The molecular formula is C23H15ClN2O2S. The van der Waals surface area contributed by atoms with E-state index in [1.54, 1.807) is 48.5 Å². The summed E-state index contributed by atoms with van der Waals surface area (Å²) in [6.07, 6.45) is 1.51. The van der Waals surface area contributed by atoms with Crippen LogP contribution in [0.2, 0.25) is 5.02 Å². The van der Waals surface area contributed by atoms with Crippen LogP contribution in [0.25, 0.3) is 6.08 Å². The Morgan fingerprint density at radius 3 is 1.62 bits per heavy atom. The molecule has 6 heteroatoms. The van der Waals surface area contributed by atoms with Crippen molar-refractivity contribution < 1.29 is 9.59 Å². The zero-order chi connectivity index (χ0) is 20.4. The lowest BCUT2D eigenvalue weighted by Gasteiger charge is -2.36. The van der Waals surface area contributed by atoms with E-state index in [2.05, 4.69) is 0 Å². The first-order valence-electron chi connectivity index (χ1n) is 8.87. The first-order valence-corrected chi connectivity index (χ1v) is 9.66. The van der Waals surface area contributed by atoms with Crippen molar-refractivity contribution in [1.82, 2.24) is 0 Å². The molecule has 2 amide bonds. The van der Waals surface area contributed by atoms with Gasteiger partial charge in [0.25, 0.3) is 11.8 Å². The molecule has 1 saturated heterocycles. The Morgan fingerprint density at radius 1 is 0.690 bits per heavy atom. The minimum atomic E-state index is -0.488. The predicted octanol–water partition coefficient (Wildman–Crippen LogP) is 5.09. The van der Waals surface area contributed by atoms with Crippen molar-refractivity contribution in [3.63, 3.8) is 0 Å². The molecule has 0 spiro atoms. The first kappa shape index (κ1) is 19.1. The number of halogens is 1. The minimum absolute atomic E-state index is 0.0144. The Labute approximate surface area is 178 Å². The van der Waals surface area contributed by atoms with E-state index in [0.29, 0.717) is 22.0 Å². The molecule has 1 fully saturated rings. The largest absolute Gasteiger partial charge is 0.270 e. The van der Waals surface area contributed by atoms with Gasteiger partial charge in [-0.25, -0.2) is 0 Å². The van der Waals surface area contributed by atoms with Crippen molar-refractivity contribution in [1.29, 1.82) is 0 Å². The molecule has 4 rings (SSSR count). The molecule has 4 nitrogen and oxygen atoms in total. The van der Waals surface area contributed by atoms with Crippen molar-refractivity contribution in [2.24, 2.45) is 0 Å². The summed E-state index contributed by atoms with van der Waals surface area (Å²) in [6, 6.07) is 25.1. The molecule has 3 aromatic rings. The maximum absolute atomic E-state index is 13.3. The number of benzene rings is 3. The third-order valence-corrected chi connectivity index (χ3v) is 5.19. The summed E-state index contributed by atoms with van der Waals surface area (Å²) < 4.78 is 0. The van der Waals surface area contributed by atoms with Gasteiger partial charge in [-0.1, -0.05) is 66.2 Å². The Hall–Kier alpha value is -3.28. The number of anilines is 2. The van der Waals surface area contributed by atoms with Crippen LogP contribution in [0.3, 0.4) is 0 Å². The lowest BCUT2D eigenvalue weighted by Crippen LogP contribution is -2.56. The summed E-state index contributed by atoms with van der Waals surface area (Å²) >= 11 is 11.8. The van der Waals surface area contributed by atoms with Gasteiger partial charge in [-0.15, -0.1) is 0 Å². The van der Waals surface area contributed by atoms with E-state index >= 15 is 0 Å². The number of carbonyl (C=O) groups is 2. The second kappa shape index (κ2) is 7.99. The molecule has 0 radical (unpaired) electrons. The van der Waals surface area contributed by atoms with Crippen LogP contribution < -0.4 is 9.80 Å². The van der Waals surface area contributed by atoms with Crippen LogP contribution in [-0.4, -0.2) is 16.9 Å². The molecule has 1 heterocycles. The smallest absolute Gasteiger partial charge is 0.268 e. The van der Waals surface area contributed by atoms with Gasteiger partial charge in [0.1, 0.15) is 5.57 Å². The van der Waals surface area contributed by atoms with E-state index in [1.807, 2.05) is 36.4 Å². The van der Waals surface area contributed by atoms with E-state index in [4.69, 9.17) is 23.8 Å². The highest BCUT2D eigenvalue weighted by atomic mass is 35.5. The molecule has 3 aromatic carbocycles. The summed E-state index contributed by atoms with van der Waals surface area (Å²) in [6.45, 7) is 0. The van der Waals surface area contributed by atoms with Crippen molar-refractivity contribution in [2.75, 3.05) is 9.80 Å². The molecule has 1 aliphatic rings. The summed E-state index contributed by atoms with van der Waals surface area (Å²) in [5.74, 6) is -0.975. The van der Waals surface area contributed by atoms with Gasteiger partial charge < -0.3 is 0 Å². The van der Waals surface area contributed by atoms with E-state index in [-0.39, 0.29) is 10.7 Å². The normalized spacial score (nSPS) is 14.4. The average Bonchev–Trinajstić information content (AvgIpc) is 2.74. The van der Waals surface area contributed by atoms with E-state index in [0.717, 1.165) is 0 Å². The third kappa shape index (κ3) is 3.58. The molecule has 1 aliphatic heterocycles. The molecule has 0 atom stereocenters. The fraction of sp³-hybridized carbons (Fsp3) is 0. The van der Waals surface area contributed by atoms with Gasteiger partial charge in [0.15, 0.2) is 5.11 Å². The van der Waals surface area contributed by atoms with Crippen molar-refractivity contribution in [3.05, 3.63) is 101 Å². The Balaban J connectivity index is 1.89. The SMILES string of the molecule is O=C1C(=Cc2ccccc2Cl)C(=O)N(c2ccccc2)C(=S)N1c1ccccc1. The number of para-hydroxylation sites is 2. The molecule has 0 unspecified atom stereocenters. The fourth-order valence-electron chi connectivity index (χ4n) is 3.09. The molecule has 0 N–H and O–H groups in total. The number of nitrogens with zero attached hydrogens (tertiary/aromatic N) is 2. The Kier molecular flexibility index (Phi) is 5.25. The van der Waals surface area contributed by atoms with Crippen LogP contribution in [0.4, 0.5) is 11.4 Å². The van der Waals surface area contributed by atoms with Gasteiger partial charge in [0, 0.05) is 5.02 Å². The van der Waals surface area contributed by atoms with Gasteiger partial charge in [-0.3, -0.25) is 19.4 Å². The highest BCUT2D eigenvalue weighted by Crippen LogP contribution is 2.30. The highest BCUT2D eigenvalue weighted by Gasteiger charge is 2.41. The molecule has 0 saturated carbocycles. The van der Waals surface area contributed by atoms with Gasteiger partial charge in [0.2, 0.25) is 0 Å². The lowest BCUT2D eigenvalue weighted by molar-refractivity contribution is -0.120. The molecule has 142 valence electrons. The van der Waals surface area contributed by atoms with Crippen molar-refractivity contribution >= 4 is 58.2 Å². The van der Waals surface area contributed by atoms with Crippen LogP contribution in [0.5, 0.6) is 0 Å². The summed E-state index contributed by atoms with van der Waals surface area (Å²) in [7, 11) is 0. The Morgan fingerprint density at radius 2 is 1.14 bits per heavy atom. The van der Waals surface area contributed by atoms with Crippen LogP contribution >= 0.6 is 23.8 Å². The van der Waals surface area contributed by atoms with Gasteiger partial charge >= 0.3 is 0 Å². The topological polar surface area (TPSA) is 40.6 Å². The van der Waals surface area contributed by atoms with Crippen molar-refractivity contribution in [2.45, 2.75) is 0 Å². The summed E-state index contributed by atoms with van der Waals surface area (Å²) in [4.78, 5) is 29.4. The van der Waals surface area contributed by atoms with Crippen LogP contribution in [-0.2, 0) is 9.59 Å². The van der Waals surface area contributed by atoms with Gasteiger partial charge in [-0.2, -0.15) is 0 Å². The molecule has 0 aromatic heterocycles. The van der Waals surface area contributed by atoms with E-state index in [1.165, 1.54) is 15.9 Å². The maximum atomic E-state index is 13.3. The maximum Gasteiger partial charge on any atom is 0.270 e. The molecule has 0 bridgehead atoms. The fourth-order valence-corrected chi connectivity index (χ4v) is 3.65. The number of carbonyl (C=O) groups excluding carboxylic acids is 2. The second-order valence-electron chi connectivity index (χ2n) is 6.31. The van der Waals surface area contributed by atoms with Gasteiger partial charge in [-0.05, 0) is 54.2 Å². The molecule has 29 heavy (non-hydrogen) atoms. The predicted molar refractivity (Wildman–Crippen MR) is 120 cm³/mol. The summed E-state index contributed by atoms with van der Waals surface area (Å²) in [5.41, 5.74) is 1.74. The number of hydrogen-bond donors (Lipinski definition) is 0. The number of rotatable bonds is 3. The second-order valence-corrected chi connectivity index (χ2v) is 7.09. The van der Waals surface area contributed by atoms with E-state index in [9.17, 15) is 9.59 Å². The first-order chi connectivity index (χ1) is 14.1. The third-order valence-electron chi connectivity index (χ3n) is 4.48. The standard InChI is InChI=1S/C23H15ClN2O2S/c24-20-14-8-7-9-16(20)15-19-21(27)25(17-10-3-1-4-11-17)23(29)26(22(19)28)18-12-5-2-6-13-18/h1-15H. The zero-order valence-electron chi connectivity index (χ0n) is 15.2. The minimum Gasteiger partial charge on any atom is -0.268 e. The van der Waals surface area contributed by atoms with Crippen LogP contribution in [0.1, 0.15) is 5.56 Å². The number of hydrogen-bond acceptors (Lipinski definition) is 3. The average molecular weight is 419 g/mol.